The van der Waals surface area contributed by atoms with E-state index in [0.29, 0.717) is 0 Å². The number of aromatic hydroxyl groups is 2. The Bertz CT molecular complexity index is 507. The Balaban J connectivity index is 2.16. The van der Waals surface area contributed by atoms with E-state index >= 15 is 0 Å². The number of aryl methyl sites for hydroxylation is 1. The van der Waals surface area contributed by atoms with E-state index in [9.17, 15) is 10.2 Å². The molecule has 1 heterocycles. The molecule has 0 saturated carbocycles. The molecule has 0 amide bonds. The lowest BCUT2D eigenvalue weighted by Gasteiger charge is -2.13. The summed E-state index contributed by atoms with van der Waals surface area (Å²) in [7, 11) is 0. The van der Waals surface area contributed by atoms with Crippen molar-refractivity contribution in [2.45, 2.75) is 19.9 Å². The number of rotatable bonds is 3. The van der Waals surface area contributed by atoms with Crippen molar-refractivity contribution in [1.29, 1.82) is 0 Å². The van der Waals surface area contributed by atoms with E-state index < -0.39 is 0 Å². The van der Waals surface area contributed by atoms with Crippen molar-refractivity contribution >= 4 is 16.5 Å². The van der Waals surface area contributed by atoms with Gasteiger partial charge in [0, 0.05) is 6.07 Å². The predicted octanol–water partition coefficient (Wildman–Crippen LogP) is 2.43. The van der Waals surface area contributed by atoms with Crippen LogP contribution in [0.15, 0.2) is 18.2 Å². The lowest BCUT2D eigenvalue weighted by Crippen LogP contribution is -2.06. The molecule has 3 N–H and O–H groups in total. The van der Waals surface area contributed by atoms with Crippen molar-refractivity contribution in [3.63, 3.8) is 0 Å². The van der Waals surface area contributed by atoms with E-state index in [-0.39, 0.29) is 17.5 Å². The minimum Gasteiger partial charge on any atom is -0.508 e. The largest absolute Gasteiger partial charge is 0.508 e. The van der Waals surface area contributed by atoms with Gasteiger partial charge < -0.3 is 15.5 Å². The highest BCUT2D eigenvalue weighted by molar-refractivity contribution is 7.15. The minimum atomic E-state index is -0.0691. The van der Waals surface area contributed by atoms with Gasteiger partial charge in [-0.15, -0.1) is 10.2 Å². The molecule has 1 unspecified atom stereocenters. The van der Waals surface area contributed by atoms with Gasteiger partial charge in [0.25, 0.3) is 0 Å². The average molecular weight is 251 g/mol. The molecule has 17 heavy (non-hydrogen) atoms. The molecule has 1 aromatic heterocycles. The number of phenols is 2. The maximum absolute atomic E-state index is 9.40. The normalized spacial score (nSPS) is 12.4. The fourth-order valence-electron chi connectivity index (χ4n) is 1.49. The monoisotopic (exact) mass is 251 g/mol. The molecule has 0 aliphatic heterocycles. The van der Waals surface area contributed by atoms with Crippen LogP contribution in [0.25, 0.3) is 0 Å². The summed E-state index contributed by atoms with van der Waals surface area (Å²) in [6.07, 6.45) is 0. The van der Waals surface area contributed by atoms with E-state index in [4.69, 9.17) is 0 Å². The Morgan fingerprint density at radius 3 is 2.35 bits per heavy atom. The molecule has 6 heteroatoms. The fourth-order valence-corrected chi connectivity index (χ4v) is 2.17. The third-order valence-electron chi connectivity index (χ3n) is 2.29. The lowest BCUT2D eigenvalue weighted by atomic mass is 10.1. The molecule has 1 atom stereocenters. The van der Waals surface area contributed by atoms with Gasteiger partial charge in [-0.1, -0.05) is 11.3 Å². The second-order valence-corrected chi connectivity index (χ2v) is 4.96. The molecule has 0 radical (unpaired) electrons. The molecule has 0 fully saturated rings. The molecule has 0 spiro atoms. The second-order valence-electron chi connectivity index (χ2n) is 3.78. The zero-order valence-corrected chi connectivity index (χ0v) is 10.3. The van der Waals surface area contributed by atoms with Crippen LogP contribution >= 0.6 is 11.3 Å². The number of benzene rings is 1. The first kappa shape index (κ1) is 11.7. The van der Waals surface area contributed by atoms with Gasteiger partial charge in [-0.05, 0) is 31.5 Å². The number of nitrogens with zero attached hydrogens (tertiary/aromatic N) is 2. The summed E-state index contributed by atoms with van der Waals surface area (Å²) in [4.78, 5) is 0. The van der Waals surface area contributed by atoms with Crippen LogP contribution < -0.4 is 5.32 Å². The summed E-state index contributed by atoms with van der Waals surface area (Å²) < 4.78 is 0. The zero-order valence-electron chi connectivity index (χ0n) is 9.51. The topological polar surface area (TPSA) is 78.3 Å². The molecular weight excluding hydrogens is 238 g/mol. The molecular formula is C11H13N3O2S. The number of hydrogen-bond donors (Lipinski definition) is 3. The smallest absolute Gasteiger partial charge is 0.206 e. The summed E-state index contributed by atoms with van der Waals surface area (Å²) in [5.74, 6) is 0.0872. The Kier molecular flexibility index (Phi) is 3.14. The average Bonchev–Trinajstić information content (AvgIpc) is 2.62. The summed E-state index contributed by atoms with van der Waals surface area (Å²) in [5, 5.41) is 31.4. The molecule has 2 aromatic rings. The molecule has 0 aliphatic carbocycles. The van der Waals surface area contributed by atoms with Crippen LogP contribution in [-0.2, 0) is 0 Å². The lowest BCUT2D eigenvalue weighted by molar-refractivity contribution is 0.448. The second kappa shape index (κ2) is 4.58. The van der Waals surface area contributed by atoms with Gasteiger partial charge in [0.15, 0.2) is 0 Å². The number of anilines is 1. The highest BCUT2D eigenvalue weighted by Gasteiger charge is 2.10. The Hall–Kier alpha value is -1.82. The molecule has 1 aromatic carbocycles. The maximum atomic E-state index is 9.40. The number of phenolic OH excluding ortho intramolecular Hbond substituents is 2. The van der Waals surface area contributed by atoms with Crippen molar-refractivity contribution in [2.24, 2.45) is 0 Å². The number of hydrogen-bond acceptors (Lipinski definition) is 6. The van der Waals surface area contributed by atoms with Crippen molar-refractivity contribution in [1.82, 2.24) is 10.2 Å². The maximum Gasteiger partial charge on any atom is 0.206 e. The summed E-state index contributed by atoms with van der Waals surface area (Å²) in [6, 6.07) is 4.43. The zero-order chi connectivity index (χ0) is 12.4. The van der Waals surface area contributed by atoms with Crippen molar-refractivity contribution in [3.8, 4) is 11.5 Å². The van der Waals surface area contributed by atoms with Crippen LogP contribution in [0.1, 0.15) is 23.5 Å². The Morgan fingerprint density at radius 2 is 1.82 bits per heavy atom. The van der Waals surface area contributed by atoms with Crippen LogP contribution in [0.5, 0.6) is 11.5 Å². The Labute approximate surface area is 103 Å². The van der Waals surface area contributed by atoms with Crippen LogP contribution in [0.4, 0.5) is 5.13 Å². The van der Waals surface area contributed by atoms with E-state index in [1.807, 2.05) is 13.8 Å². The van der Waals surface area contributed by atoms with Crippen LogP contribution in [0, 0.1) is 6.92 Å². The van der Waals surface area contributed by atoms with Gasteiger partial charge in [-0.3, -0.25) is 0 Å². The van der Waals surface area contributed by atoms with Crippen molar-refractivity contribution in [2.75, 3.05) is 5.32 Å². The van der Waals surface area contributed by atoms with E-state index in [1.54, 1.807) is 12.1 Å². The van der Waals surface area contributed by atoms with Crippen LogP contribution in [0.2, 0.25) is 0 Å². The van der Waals surface area contributed by atoms with Crippen molar-refractivity contribution in [3.05, 3.63) is 28.8 Å². The Morgan fingerprint density at radius 1 is 1.18 bits per heavy atom. The van der Waals surface area contributed by atoms with Gasteiger partial charge in [-0.25, -0.2) is 0 Å². The van der Waals surface area contributed by atoms with Gasteiger partial charge in [0.05, 0.1) is 6.04 Å². The molecule has 2 rings (SSSR count). The molecule has 0 saturated heterocycles. The molecule has 5 nitrogen and oxygen atoms in total. The fraction of sp³-hybridized carbons (Fsp3) is 0.273. The molecule has 90 valence electrons. The minimum absolute atomic E-state index is 0.0436. The van der Waals surface area contributed by atoms with E-state index in [1.165, 1.54) is 17.4 Å². The number of aromatic nitrogens is 2. The summed E-state index contributed by atoms with van der Waals surface area (Å²) in [5.41, 5.74) is 0.787. The SMILES string of the molecule is Cc1nnc(NC(C)c2cc(O)cc(O)c2)s1. The molecule has 0 bridgehead atoms. The first-order valence-corrected chi connectivity index (χ1v) is 5.96. The predicted molar refractivity (Wildman–Crippen MR) is 66.5 cm³/mol. The van der Waals surface area contributed by atoms with E-state index in [0.717, 1.165) is 15.7 Å². The summed E-state index contributed by atoms with van der Waals surface area (Å²) >= 11 is 1.46. The first-order valence-electron chi connectivity index (χ1n) is 5.14. The van der Waals surface area contributed by atoms with E-state index in [2.05, 4.69) is 15.5 Å². The third kappa shape index (κ3) is 2.85. The third-order valence-corrected chi connectivity index (χ3v) is 3.06. The standard InChI is InChI=1S/C11H13N3O2S/c1-6(12-11-14-13-7(2)17-11)8-3-9(15)5-10(16)4-8/h3-6,15-16H,1-2H3,(H,12,14). The van der Waals surface area contributed by atoms with Gasteiger partial charge in [0.2, 0.25) is 5.13 Å². The first-order chi connectivity index (χ1) is 8.04. The molecule has 0 aliphatic rings. The number of nitrogens with one attached hydrogen (secondary N) is 1. The highest BCUT2D eigenvalue weighted by atomic mass is 32.1. The van der Waals surface area contributed by atoms with Crippen LogP contribution in [0.3, 0.4) is 0 Å². The highest BCUT2D eigenvalue weighted by Crippen LogP contribution is 2.27. The van der Waals surface area contributed by atoms with Crippen molar-refractivity contribution < 1.29 is 10.2 Å². The van der Waals surface area contributed by atoms with Gasteiger partial charge >= 0.3 is 0 Å². The van der Waals surface area contributed by atoms with Gasteiger partial charge in [-0.2, -0.15) is 0 Å². The van der Waals surface area contributed by atoms with Crippen LogP contribution in [-0.4, -0.2) is 20.4 Å². The quantitative estimate of drug-likeness (QED) is 0.781. The van der Waals surface area contributed by atoms with Gasteiger partial charge in [0.1, 0.15) is 16.5 Å². The summed E-state index contributed by atoms with van der Waals surface area (Å²) in [6.45, 7) is 3.80.